The van der Waals surface area contributed by atoms with Crippen molar-refractivity contribution < 1.29 is 9.13 Å². The summed E-state index contributed by atoms with van der Waals surface area (Å²) in [7, 11) is 1.53. The maximum atomic E-state index is 13.1. The Morgan fingerprint density at radius 3 is 3.06 bits per heavy atom. The van der Waals surface area contributed by atoms with Gasteiger partial charge in [-0.25, -0.2) is 4.39 Å². The highest BCUT2D eigenvalue weighted by Gasteiger charge is 2.12. The van der Waals surface area contributed by atoms with Crippen LogP contribution in [0.3, 0.4) is 0 Å². The van der Waals surface area contributed by atoms with Gasteiger partial charge >= 0.3 is 0 Å². The van der Waals surface area contributed by atoms with E-state index in [0.717, 1.165) is 15.0 Å². The highest BCUT2D eigenvalue weighted by atomic mass is 79.9. The Morgan fingerprint density at radius 1 is 1.56 bits per heavy atom. The average molecular weight is 332 g/mol. The van der Waals surface area contributed by atoms with Crippen molar-refractivity contribution in [2.75, 3.05) is 18.2 Å². The van der Waals surface area contributed by atoms with Crippen LogP contribution in [0.4, 0.5) is 15.2 Å². The van der Waals surface area contributed by atoms with Crippen LogP contribution in [0.2, 0.25) is 0 Å². The van der Waals surface area contributed by atoms with Crippen molar-refractivity contribution in [3.05, 3.63) is 34.1 Å². The van der Waals surface area contributed by atoms with Gasteiger partial charge in [-0.15, -0.1) is 0 Å². The summed E-state index contributed by atoms with van der Waals surface area (Å²) in [6.45, 7) is 0.455. The lowest BCUT2D eigenvalue weighted by Crippen LogP contribution is -2.01. The third-order valence-electron chi connectivity index (χ3n) is 2.33. The molecule has 0 aliphatic heterocycles. The molecule has 0 bridgehead atoms. The topological polar surface area (TPSA) is 60.2 Å². The van der Waals surface area contributed by atoms with Gasteiger partial charge in [-0.05, 0) is 35.3 Å². The lowest BCUT2D eigenvalue weighted by atomic mass is 10.2. The van der Waals surface area contributed by atoms with E-state index in [0.29, 0.717) is 18.1 Å². The zero-order valence-corrected chi connectivity index (χ0v) is 11.9. The summed E-state index contributed by atoms with van der Waals surface area (Å²) < 4.78 is 23.1. The summed E-state index contributed by atoms with van der Waals surface area (Å²) in [6, 6.07) is 4.54. The van der Waals surface area contributed by atoms with Crippen LogP contribution in [-0.2, 0) is 6.54 Å². The summed E-state index contributed by atoms with van der Waals surface area (Å²) in [5, 5.41) is 3.85. The van der Waals surface area contributed by atoms with Gasteiger partial charge in [0.1, 0.15) is 5.82 Å². The number of ether oxygens (including phenoxy) is 1. The van der Waals surface area contributed by atoms with Crippen LogP contribution in [0.25, 0.3) is 0 Å². The lowest BCUT2D eigenvalue weighted by molar-refractivity contribution is 0.419. The first-order valence-corrected chi connectivity index (χ1v) is 6.65. The van der Waals surface area contributed by atoms with Crippen molar-refractivity contribution in [1.82, 2.24) is 4.37 Å². The Hall–Kier alpha value is -1.34. The number of hydrogen-bond donors (Lipinski definition) is 2. The van der Waals surface area contributed by atoms with Crippen LogP contribution in [0.1, 0.15) is 5.56 Å². The molecule has 0 saturated carbocycles. The Kier molecular flexibility index (Phi) is 4.03. The molecule has 4 nitrogen and oxygen atoms in total. The number of benzene rings is 1. The molecule has 0 atom stereocenters. The maximum Gasteiger partial charge on any atom is 0.197 e. The summed E-state index contributed by atoms with van der Waals surface area (Å²) >= 11 is 4.58. The molecule has 1 aromatic carbocycles. The van der Waals surface area contributed by atoms with Gasteiger partial charge in [0.15, 0.2) is 16.6 Å². The zero-order valence-electron chi connectivity index (χ0n) is 9.54. The normalized spacial score (nSPS) is 10.4. The monoisotopic (exact) mass is 331 g/mol. The van der Waals surface area contributed by atoms with E-state index < -0.39 is 0 Å². The van der Waals surface area contributed by atoms with Crippen molar-refractivity contribution in [3.8, 4) is 5.75 Å². The molecule has 2 rings (SSSR count). The molecule has 96 valence electrons. The van der Waals surface area contributed by atoms with Crippen LogP contribution >= 0.6 is 27.5 Å². The minimum absolute atomic E-state index is 0.272. The van der Waals surface area contributed by atoms with Crippen molar-refractivity contribution in [3.63, 3.8) is 0 Å². The fourth-order valence-corrected chi connectivity index (χ4v) is 2.53. The first-order chi connectivity index (χ1) is 8.61. The van der Waals surface area contributed by atoms with Gasteiger partial charge in [-0.3, -0.25) is 0 Å². The van der Waals surface area contributed by atoms with E-state index >= 15 is 0 Å². The van der Waals surface area contributed by atoms with E-state index in [1.165, 1.54) is 30.8 Å². The predicted molar refractivity (Wildman–Crippen MR) is 74.5 cm³/mol. The molecule has 0 spiro atoms. The Bertz CT molecular complexity index is 561. The Balaban J connectivity index is 2.13. The van der Waals surface area contributed by atoms with Crippen molar-refractivity contribution in [1.29, 1.82) is 0 Å². The number of nitrogen functional groups attached to an aromatic ring is 1. The van der Waals surface area contributed by atoms with Crippen molar-refractivity contribution in [2.45, 2.75) is 6.54 Å². The highest BCUT2D eigenvalue weighted by molar-refractivity contribution is 9.10. The fraction of sp³-hybridized carbons (Fsp3) is 0.182. The second kappa shape index (κ2) is 5.53. The number of rotatable bonds is 4. The van der Waals surface area contributed by atoms with Gasteiger partial charge in [-0.2, -0.15) is 4.37 Å². The minimum atomic E-state index is -0.272. The molecule has 2 aromatic rings. The molecule has 0 radical (unpaired) electrons. The van der Waals surface area contributed by atoms with Crippen molar-refractivity contribution >= 4 is 38.3 Å². The van der Waals surface area contributed by atoms with Crippen molar-refractivity contribution in [2.24, 2.45) is 0 Å². The molecule has 0 amide bonds. The van der Waals surface area contributed by atoms with Gasteiger partial charge in [0, 0.05) is 11.0 Å². The third kappa shape index (κ3) is 2.73. The minimum Gasteiger partial charge on any atom is -0.490 e. The predicted octanol–water partition coefficient (Wildman–Crippen LogP) is 3.25. The van der Waals surface area contributed by atoms with Gasteiger partial charge in [0.2, 0.25) is 0 Å². The highest BCUT2D eigenvalue weighted by Crippen LogP contribution is 2.35. The number of hydrogen-bond acceptors (Lipinski definition) is 5. The van der Waals surface area contributed by atoms with Crippen LogP contribution in [0.15, 0.2) is 22.7 Å². The number of nitrogens with one attached hydrogen (secondary N) is 1. The number of nitrogens with zero attached hydrogens (tertiary/aromatic N) is 1. The number of aromatic nitrogens is 1. The van der Waals surface area contributed by atoms with Gasteiger partial charge < -0.3 is 15.8 Å². The van der Waals surface area contributed by atoms with E-state index in [2.05, 4.69) is 25.6 Å². The van der Waals surface area contributed by atoms with E-state index in [1.54, 1.807) is 6.07 Å². The first kappa shape index (κ1) is 13.1. The molecular weight excluding hydrogens is 321 g/mol. The van der Waals surface area contributed by atoms with Crippen LogP contribution in [0.5, 0.6) is 5.75 Å². The zero-order chi connectivity index (χ0) is 13.1. The quantitative estimate of drug-likeness (QED) is 0.902. The molecule has 1 aromatic heterocycles. The largest absolute Gasteiger partial charge is 0.490 e. The molecule has 0 aliphatic carbocycles. The molecule has 1 heterocycles. The molecule has 3 N–H and O–H groups in total. The second-order valence-corrected chi connectivity index (χ2v) is 5.15. The van der Waals surface area contributed by atoms with Gasteiger partial charge in [0.05, 0.1) is 7.11 Å². The van der Waals surface area contributed by atoms with E-state index in [9.17, 15) is 4.39 Å². The van der Waals surface area contributed by atoms with E-state index in [4.69, 9.17) is 10.5 Å². The molecule has 0 fully saturated rings. The van der Waals surface area contributed by atoms with Crippen LogP contribution in [-0.4, -0.2) is 11.5 Å². The summed E-state index contributed by atoms with van der Waals surface area (Å²) in [6.07, 6.45) is 0. The Morgan fingerprint density at radius 2 is 2.33 bits per heavy atom. The molecule has 0 saturated heterocycles. The first-order valence-electron chi connectivity index (χ1n) is 5.08. The number of nitrogens with two attached hydrogens (primary N) is 1. The number of methoxy groups -OCH3 is 1. The van der Waals surface area contributed by atoms with Gasteiger partial charge in [-0.1, -0.05) is 15.9 Å². The smallest absolute Gasteiger partial charge is 0.197 e. The lowest BCUT2D eigenvalue weighted by Gasteiger charge is -2.08. The molecule has 0 unspecified atom stereocenters. The number of anilines is 2. The SMILES string of the molecule is COc1c(N)nsc1NCc1cc(F)ccc1Br. The van der Waals surface area contributed by atoms with E-state index in [-0.39, 0.29) is 5.82 Å². The molecular formula is C11H11BrFN3OS. The third-order valence-corrected chi connectivity index (χ3v) is 3.90. The molecule has 0 aliphatic rings. The van der Waals surface area contributed by atoms with E-state index in [1.807, 2.05) is 0 Å². The average Bonchev–Trinajstić information content (AvgIpc) is 2.71. The molecule has 7 heteroatoms. The van der Waals surface area contributed by atoms with Crippen LogP contribution < -0.4 is 15.8 Å². The Labute approximate surface area is 116 Å². The van der Waals surface area contributed by atoms with Crippen LogP contribution in [0, 0.1) is 5.82 Å². The second-order valence-electron chi connectivity index (χ2n) is 3.52. The summed E-state index contributed by atoms with van der Waals surface area (Å²) in [5.41, 5.74) is 6.45. The summed E-state index contributed by atoms with van der Waals surface area (Å²) in [5.74, 6) is 0.599. The molecule has 18 heavy (non-hydrogen) atoms. The number of halogens is 2. The maximum absolute atomic E-state index is 13.1. The summed E-state index contributed by atoms with van der Waals surface area (Å²) in [4.78, 5) is 0. The van der Waals surface area contributed by atoms with Gasteiger partial charge in [0.25, 0.3) is 0 Å². The standard InChI is InChI=1S/C11H11BrFN3OS/c1-17-9-10(14)16-18-11(9)15-5-6-4-7(13)2-3-8(6)12/h2-4,15H,5H2,1H3,(H2,14,16). The fourth-order valence-electron chi connectivity index (χ4n) is 1.46.